The molecule has 0 radical (unpaired) electrons. The lowest BCUT2D eigenvalue weighted by Gasteiger charge is -2.18. The molecular formula is C23H42N4. The summed E-state index contributed by atoms with van der Waals surface area (Å²) in [4.78, 5) is 11.6. The predicted octanol–water partition coefficient (Wildman–Crippen LogP) is 6.21. The molecule has 0 amide bonds. The van der Waals surface area contributed by atoms with Gasteiger partial charge in [-0.25, -0.2) is 4.98 Å². The average molecular weight is 375 g/mol. The van der Waals surface area contributed by atoms with Crippen LogP contribution < -0.4 is 10.6 Å². The molecule has 1 saturated heterocycles. The predicted molar refractivity (Wildman–Crippen MR) is 117 cm³/mol. The SMILES string of the molecule is CCCCCCCCCCCCCCc1c(C)nc(N2CCCC2)nc1N. The van der Waals surface area contributed by atoms with Crippen LogP contribution in [-0.2, 0) is 6.42 Å². The molecule has 2 rings (SSSR count). The monoisotopic (exact) mass is 374 g/mol. The van der Waals surface area contributed by atoms with Gasteiger partial charge in [-0.05, 0) is 32.6 Å². The first-order chi connectivity index (χ1) is 13.2. The Kier molecular flexibility index (Phi) is 10.5. The van der Waals surface area contributed by atoms with Gasteiger partial charge in [0.2, 0.25) is 5.95 Å². The van der Waals surface area contributed by atoms with Crippen LogP contribution in [0.1, 0.15) is 108 Å². The number of aromatic nitrogens is 2. The second-order valence-corrected chi connectivity index (χ2v) is 8.31. The van der Waals surface area contributed by atoms with Gasteiger partial charge in [0.1, 0.15) is 5.82 Å². The lowest BCUT2D eigenvalue weighted by atomic mass is 10.0. The Morgan fingerprint density at radius 2 is 1.30 bits per heavy atom. The fraction of sp³-hybridized carbons (Fsp3) is 0.826. The van der Waals surface area contributed by atoms with Gasteiger partial charge in [0.05, 0.1) is 0 Å². The molecule has 1 fully saturated rings. The summed E-state index contributed by atoms with van der Waals surface area (Å²) in [7, 11) is 0. The van der Waals surface area contributed by atoms with E-state index in [0.717, 1.165) is 31.2 Å². The first-order valence-corrected chi connectivity index (χ1v) is 11.6. The quantitative estimate of drug-likeness (QED) is 0.393. The van der Waals surface area contributed by atoms with Gasteiger partial charge in [0, 0.05) is 24.3 Å². The van der Waals surface area contributed by atoms with E-state index in [0.29, 0.717) is 5.82 Å². The normalized spacial score (nSPS) is 14.2. The summed E-state index contributed by atoms with van der Waals surface area (Å²) in [5.74, 6) is 1.54. The van der Waals surface area contributed by atoms with Crippen LogP contribution in [0.5, 0.6) is 0 Å². The molecular weight excluding hydrogens is 332 g/mol. The molecule has 27 heavy (non-hydrogen) atoms. The minimum absolute atomic E-state index is 0.701. The van der Waals surface area contributed by atoms with Gasteiger partial charge in [-0.15, -0.1) is 0 Å². The van der Waals surface area contributed by atoms with Crippen molar-refractivity contribution in [3.05, 3.63) is 11.3 Å². The lowest BCUT2D eigenvalue weighted by molar-refractivity contribution is 0.544. The molecule has 2 N–H and O–H groups in total. The van der Waals surface area contributed by atoms with Crippen LogP contribution in [0.2, 0.25) is 0 Å². The molecule has 0 unspecified atom stereocenters. The summed E-state index contributed by atoms with van der Waals surface area (Å²) >= 11 is 0. The first kappa shape index (κ1) is 22.0. The number of nitrogens with zero attached hydrogens (tertiary/aromatic N) is 3. The maximum Gasteiger partial charge on any atom is 0.227 e. The number of nitrogens with two attached hydrogens (primary N) is 1. The first-order valence-electron chi connectivity index (χ1n) is 11.6. The summed E-state index contributed by atoms with van der Waals surface area (Å²) in [5.41, 5.74) is 8.50. The van der Waals surface area contributed by atoms with Gasteiger partial charge in [-0.2, -0.15) is 4.98 Å². The van der Waals surface area contributed by atoms with Crippen molar-refractivity contribution in [3.8, 4) is 0 Å². The number of nitrogen functional groups attached to an aromatic ring is 1. The second kappa shape index (κ2) is 13.0. The fourth-order valence-corrected chi connectivity index (χ4v) is 4.11. The smallest absolute Gasteiger partial charge is 0.227 e. The fourth-order valence-electron chi connectivity index (χ4n) is 4.11. The number of rotatable bonds is 14. The van der Waals surface area contributed by atoms with Crippen LogP contribution in [0.15, 0.2) is 0 Å². The van der Waals surface area contributed by atoms with Crippen LogP contribution in [0.3, 0.4) is 0 Å². The van der Waals surface area contributed by atoms with Gasteiger partial charge >= 0.3 is 0 Å². The second-order valence-electron chi connectivity index (χ2n) is 8.31. The lowest BCUT2D eigenvalue weighted by Crippen LogP contribution is -2.22. The molecule has 154 valence electrons. The van der Waals surface area contributed by atoms with Crippen molar-refractivity contribution in [2.45, 2.75) is 110 Å². The molecule has 0 spiro atoms. The van der Waals surface area contributed by atoms with E-state index >= 15 is 0 Å². The van der Waals surface area contributed by atoms with Gasteiger partial charge < -0.3 is 10.6 Å². The molecule has 0 aromatic carbocycles. The van der Waals surface area contributed by atoms with Gasteiger partial charge in [-0.1, -0.05) is 77.6 Å². The summed E-state index contributed by atoms with van der Waals surface area (Å²) in [6.45, 7) is 6.51. The Labute approximate surface area is 167 Å². The Bertz CT molecular complexity index is 500. The molecule has 0 bridgehead atoms. The Morgan fingerprint density at radius 1 is 0.778 bits per heavy atom. The highest BCUT2D eigenvalue weighted by Gasteiger charge is 2.17. The van der Waals surface area contributed by atoms with Crippen molar-refractivity contribution in [2.75, 3.05) is 23.7 Å². The number of hydrogen-bond acceptors (Lipinski definition) is 4. The van der Waals surface area contributed by atoms with Crippen molar-refractivity contribution in [1.82, 2.24) is 9.97 Å². The number of aryl methyl sites for hydroxylation is 1. The summed E-state index contributed by atoms with van der Waals surface area (Å²) in [6.07, 6.45) is 20.1. The maximum absolute atomic E-state index is 6.25. The van der Waals surface area contributed by atoms with E-state index in [9.17, 15) is 0 Å². The molecule has 1 aromatic heterocycles. The minimum Gasteiger partial charge on any atom is -0.383 e. The van der Waals surface area contributed by atoms with Crippen molar-refractivity contribution in [2.24, 2.45) is 0 Å². The van der Waals surface area contributed by atoms with E-state index in [2.05, 4.69) is 23.7 Å². The van der Waals surface area contributed by atoms with Crippen LogP contribution in [-0.4, -0.2) is 23.1 Å². The Morgan fingerprint density at radius 3 is 1.81 bits per heavy atom. The Balaban J connectivity index is 1.55. The van der Waals surface area contributed by atoms with Crippen LogP contribution in [0.25, 0.3) is 0 Å². The zero-order chi connectivity index (χ0) is 19.3. The number of unbranched alkanes of at least 4 members (excludes halogenated alkanes) is 11. The van der Waals surface area contributed by atoms with Gasteiger partial charge in [0.25, 0.3) is 0 Å². The van der Waals surface area contributed by atoms with Gasteiger partial charge in [-0.3, -0.25) is 0 Å². The molecule has 1 aliphatic heterocycles. The van der Waals surface area contributed by atoms with E-state index in [-0.39, 0.29) is 0 Å². The minimum atomic E-state index is 0.701. The summed E-state index contributed by atoms with van der Waals surface area (Å²) < 4.78 is 0. The highest BCUT2D eigenvalue weighted by atomic mass is 15.3. The third kappa shape index (κ3) is 8.06. The highest BCUT2D eigenvalue weighted by Crippen LogP contribution is 2.23. The molecule has 0 atom stereocenters. The van der Waals surface area contributed by atoms with Crippen molar-refractivity contribution in [1.29, 1.82) is 0 Å². The Hall–Kier alpha value is -1.32. The van der Waals surface area contributed by atoms with Crippen LogP contribution >= 0.6 is 0 Å². The standard InChI is InChI=1S/C23H42N4/c1-3-4-5-6-7-8-9-10-11-12-13-14-17-21-20(2)25-23(26-22(21)24)27-18-15-16-19-27/h3-19H2,1-2H3,(H2,24,25,26). The molecule has 1 aliphatic rings. The third-order valence-corrected chi connectivity index (χ3v) is 5.90. The number of anilines is 2. The molecule has 2 heterocycles. The van der Waals surface area contributed by atoms with Crippen LogP contribution in [0.4, 0.5) is 11.8 Å². The third-order valence-electron chi connectivity index (χ3n) is 5.90. The molecule has 4 heteroatoms. The van der Waals surface area contributed by atoms with Crippen molar-refractivity contribution < 1.29 is 0 Å². The van der Waals surface area contributed by atoms with E-state index < -0.39 is 0 Å². The summed E-state index contributed by atoms with van der Waals surface area (Å²) in [6, 6.07) is 0. The van der Waals surface area contributed by atoms with Crippen LogP contribution in [0, 0.1) is 6.92 Å². The molecule has 4 nitrogen and oxygen atoms in total. The highest BCUT2D eigenvalue weighted by molar-refractivity contribution is 5.48. The zero-order valence-electron chi connectivity index (χ0n) is 17.9. The molecule has 0 saturated carbocycles. The van der Waals surface area contributed by atoms with E-state index in [4.69, 9.17) is 10.7 Å². The molecule has 0 aliphatic carbocycles. The van der Waals surface area contributed by atoms with E-state index in [1.807, 2.05) is 0 Å². The topological polar surface area (TPSA) is 55.0 Å². The molecule has 1 aromatic rings. The van der Waals surface area contributed by atoms with Crippen molar-refractivity contribution in [3.63, 3.8) is 0 Å². The summed E-state index contributed by atoms with van der Waals surface area (Å²) in [5, 5.41) is 0. The van der Waals surface area contributed by atoms with E-state index in [1.54, 1.807) is 0 Å². The van der Waals surface area contributed by atoms with E-state index in [1.165, 1.54) is 95.5 Å². The zero-order valence-corrected chi connectivity index (χ0v) is 17.9. The van der Waals surface area contributed by atoms with Gasteiger partial charge in [0.15, 0.2) is 0 Å². The largest absolute Gasteiger partial charge is 0.383 e. The average Bonchev–Trinajstić information content (AvgIpc) is 3.19. The maximum atomic E-state index is 6.25. The van der Waals surface area contributed by atoms with Crippen molar-refractivity contribution >= 4 is 11.8 Å². The number of hydrogen-bond donors (Lipinski definition) is 1.